The molecule has 0 saturated carbocycles. The molecule has 0 spiro atoms. The summed E-state index contributed by atoms with van der Waals surface area (Å²) >= 11 is 0. The van der Waals surface area contributed by atoms with Crippen LogP contribution in [0.4, 0.5) is 5.69 Å². The van der Waals surface area contributed by atoms with Gasteiger partial charge in [0.15, 0.2) is 0 Å². The van der Waals surface area contributed by atoms with Gasteiger partial charge >= 0.3 is 0 Å². The largest absolute Gasteiger partial charge is 0.492 e. The number of rotatable bonds is 13. The normalized spacial score (nSPS) is 18.2. The maximum atomic E-state index is 13.0. The van der Waals surface area contributed by atoms with Gasteiger partial charge in [0.05, 0.1) is 31.5 Å². The first kappa shape index (κ1) is 29.9. The first-order valence-electron chi connectivity index (χ1n) is 15.0. The van der Waals surface area contributed by atoms with Crippen LogP contribution in [0.2, 0.25) is 0 Å². The Morgan fingerprint density at radius 1 is 1.07 bits per heavy atom. The number of piperidine rings is 1. The summed E-state index contributed by atoms with van der Waals surface area (Å²) in [5.41, 5.74) is 4.16. The maximum Gasteiger partial charge on any atom is 0.253 e. The van der Waals surface area contributed by atoms with Crippen molar-refractivity contribution in [1.82, 2.24) is 10.2 Å². The van der Waals surface area contributed by atoms with E-state index in [1.807, 2.05) is 49.5 Å². The number of amides is 1. The summed E-state index contributed by atoms with van der Waals surface area (Å²) < 4.78 is 23.4. The summed E-state index contributed by atoms with van der Waals surface area (Å²) in [6, 6.07) is 24.1. The van der Waals surface area contributed by atoms with Crippen LogP contribution in [0.5, 0.6) is 11.5 Å². The van der Waals surface area contributed by atoms with E-state index in [4.69, 9.17) is 18.9 Å². The molecule has 1 amide bonds. The summed E-state index contributed by atoms with van der Waals surface area (Å²) in [6.45, 7) is 6.52. The molecule has 0 aliphatic carbocycles. The monoisotopic (exact) mass is 573 g/mol. The first-order chi connectivity index (χ1) is 20.6. The van der Waals surface area contributed by atoms with Crippen molar-refractivity contribution in [3.8, 4) is 11.5 Å². The molecule has 42 heavy (non-hydrogen) atoms. The van der Waals surface area contributed by atoms with Crippen molar-refractivity contribution in [3.05, 3.63) is 89.5 Å². The van der Waals surface area contributed by atoms with Gasteiger partial charge in [-0.3, -0.25) is 4.79 Å². The second kappa shape index (κ2) is 15.0. The second-order valence-electron chi connectivity index (χ2n) is 10.9. The maximum absolute atomic E-state index is 13.0. The topological polar surface area (TPSA) is 72.5 Å². The van der Waals surface area contributed by atoms with Crippen molar-refractivity contribution in [2.75, 3.05) is 71.6 Å². The third kappa shape index (κ3) is 7.82. The Morgan fingerprint density at radius 2 is 1.90 bits per heavy atom. The van der Waals surface area contributed by atoms with Crippen LogP contribution in [0.1, 0.15) is 40.2 Å². The number of methoxy groups -OCH3 is 1. The average molecular weight is 574 g/mol. The predicted octanol–water partition coefficient (Wildman–Crippen LogP) is 4.74. The standard InChI is InChI=1S/C34H43N3O5/c1-36(18-21-40-29-7-4-3-5-8-29)34(38)28-12-10-27(11-13-28)30-15-16-35-24-33(30)42-25-26-9-14-32-31(23-26)37(19-22-41-32)17-6-20-39-2/h3-5,7-14,23,30,33,35H,6,15-22,24-25H2,1-2H3. The van der Waals surface area contributed by atoms with E-state index in [0.29, 0.717) is 31.9 Å². The summed E-state index contributed by atoms with van der Waals surface area (Å²) in [5, 5.41) is 3.49. The third-order valence-corrected chi connectivity index (χ3v) is 8.02. The molecule has 0 bridgehead atoms. The van der Waals surface area contributed by atoms with E-state index < -0.39 is 0 Å². The number of fused-ring (bicyclic) bond motifs is 1. The van der Waals surface area contributed by atoms with Gasteiger partial charge in [-0.15, -0.1) is 0 Å². The molecule has 8 heteroatoms. The number of nitrogens with one attached hydrogen (secondary N) is 1. The fourth-order valence-corrected chi connectivity index (χ4v) is 5.64. The molecule has 1 N–H and O–H groups in total. The zero-order valence-corrected chi connectivity index (χ0v) is 24.8. The lowest BCUT2D eigenvalue weighted by Crippen LogP contribution is -2.41. The zero-order chi connectivity index (χ0) is 29.1. The fourth-order valence-electron chi connectivity index (χ4n) is 5.64. The molecule has 2 unspecified atom stereocenters. The molecule has 1 saturated heterocycles. The minimum Gasteiger partial charge on any atom is -0.492 e. The number of carbonyl (C=O) groups is 1. The highest BCUT2D eigenvalue weighted by atomic mass is 16.5. The van der Waals surface area contributed by atoms with Gasteiger partial charge in [-0.2, -0.15) is 0 Å². The Bertz CT molecular complexity index is 1270. The van der Waals surface area contributed by atoms with Crippen LogP contribution in [-0.4, -0.2) is 83.6 Å². The van der Waals surface area contributed by atoms with Crippen molar-refractivity contribution >= 4 is 11.6 Å². The van der Waals surface area contributed by atoms with Crippen LogP contribution in [0.25, 0.3) is 0 Å². The van der Waals surface area contributed by atoms with E-state index in [1.54, 1.807) is 12.0 Å². The number of para-hydroxylation sites is 1. The van der Waals surface area contributed by atoms with E-state index in [0.717, 1.165) is 68.4 Å². The molecule has 0 aromatic heterocycles. The lowest BCUT2D eigenvalue weighted by atomic mass is 9.87. The molecule has 0 radical (unpaired) electrons. The Hall–Kier alpha value is -3.59. The number of hydrogen-bond acceptors (Lipinski definition) is 7. The highest BCUT2D eigenvalue weighted by molar-refractivity contribution is 5.94. The fraction of sp³-hybridized carbons (Fsp3) is 0.441. The number of carbonyl (C=O) groups excluding carboxylic acids is 1. The molecule has 1 fully saturated rings. The molecule has 2 heterocycles. The Balaban J connectivity index is 1.16. The van der Waals surface area contributed by atoms with Crippen molar-refractivity contribution in [2.24, 2.45) is 0 Å². The van der Waals surface area contributed by atoms with Crippen molar-refractivity contribution < 1.29 is 23.7 Å². The van der Waals surface area contributed by atoms with Crippen LogP contribution in [-0.2, 0) is 16.1 Å². The van der Waals surface area contributed by atoms with Gasteiger partial charge in [0.25, 0.3) is 5.91 Å². The third-order valence-electron chi connectivity index (χ3n) is 8.02. The van der Waals surface area contributed by atoms with Crippen molar-refractivity contribution in [1.29, 1.82) is 0 Å². The minimum absolute atomic E-state index is 0.0102. The van der Waals surface area contributed by atoms with Crippen LogP contribution in [0, 0.1) is 0 Å². The van der Waals surface area contributed by atoms with Crippen LogP contribution in [0.3, 0.4) is 0 Å². The summed E-state index contributed by atoms with van der Waals surface area (Å²) in [6.07, 6.45) is 2.01. The van der Waals surface area contributed by atoms with Gasteiger partial charge < -0.3 is 34.1 Å². The molecule has 224 valence electrons. The van der Waals surface area contributed by atoms with Crippen LogP contribution < -0.4 is 19.7 Å². The molecule has 8 nitrogen and oxygen atoms in total. The number of nitrogens with zero attached hydrogens (tertiary/aromatic N) is 2. The van der Waals surface area contributed by atoms with E-state index in [1.165, 1.54) is 5.56 Å². The number of ether oxygens (including phenoxy) is 4. The van der Waals surface area contributed by atoms with Crippen LogP contribution >= 0.6 is 0 Å². The quantitative estimate of drug-likeness (QED) is 0.296. The SMILES string of the molecule is COCCCN1CCOc2ccc(COC3CNCCC3c3ccc(C(=O)N(C)CCOc4ccccc4)cc3)cc21. The smallest absolute Gasteiger partial charge is 0.253 e. The van der Waals surface area contributed by atoms with Crippen molar-refractivity contribution in [2.45, 2.75) is 31.5 Å². The molecule has 3 aromatic carbocycles. The summed E-state index contributed by atoms with van der Waals surface area (Å²) in [7, 11) is 3.56. The Labute approximate surface area is 249 Å². The Kier molecular flexibility index (Phi) is 10.7. The van der Waals surface area contributed by atoms with E-state index in [2.05, 4.69) is 40.5 Å². The first-order valence-corrected chi connectivity index (χ1v) is 15.0. The molecule has 2 aliphatic heterocycles. The molecule has 2 aliphatic rings. The van der Waals surface area contributed by atoms with Gasteiger partial charge in [-0.1, -0.05) is 36.4 Å². The highest BCUT2D eigenvalue weighted by Gasteiger charge is 2.28. The molecule has 2 atom stereocenters. The summed E-state index contributed by atoms with van der Waals surface area (Å²) in [4.78, 5) is 17.1. The van der Waals surface area contributed by atoms with E-state index >= 15 is 0 Å². The number of benzene rings is 3. The number of hydrogen-bond donors (Lipinski definition) is 1. The number of likely N-dealkylation sites (N-methyl/N-ethyl adjacent to an activating group) is 1. The molecular weight excluding hydrogens is 530 g/mol. The number of anilines is 1. The van der Waals surface area contributed by atoms with Gasteiger partial charge in [-0.25, -0.2) is 0 Å². The van der Waals surface area contributed by atoms with Gasteiger partial charge in [0.2, 0.25) is 0 Å². The van der Waals surface area contributed by atoms with Gasteiger partial charge in [0, 0.05) is 45.3 Å². The predicted molar refractivity (Wildman–Crippen MR) is 165 cm³/mol. The molecule has 5 rings (SSSR count). The Morgan fingerprint density at radius 3 is 2.71 bits per heavy atom. The van der Waals surface area contributed by atoms with E-state index in [9.17, 15) is 4.79 Å². The lowest BCUT2D eigenvalue weighted by Gasteiger charge is -2.33. The van der Waals surface area contributed by atoms with E-state index in [-0.39, 0.29) is 17.9 Å². The zero-order valence-electron chi connectivity index (χ0n) is 24.8. The highest BCUT2D eigenvalue weighted by Crippen LogP contribution is 2.34. The van der Waals surface area contributed by atoms with Crippen molar-refractivity contribution in [3.63, 3.8) is 0 Å². The second-order valence-corrected chi connectivity index (χ2v) is 10.9. The van der Waals surface area contributed by atoms with Gasteiger partial charge in [0.1, 0.15) is 24.7 Å². The average Bonchev–Trinajstić information content (AvgIpc) is 3.04. The van der Waals surface area contributed by atoms with Crippen LogP contribution in [0.15, 0.2) is 72.8 Å². The van der Waals surface area contributed by atoms with Gasteiger partial charge in [-0.05, 0) is 66.9 Å². The lowest BCUT2D eigenvalue weighted by molar-refractivity contribution is 0.0106. The molecular formula is C34H43N3O5. The molecule has 3 aromatic rings. The summed E-state index contributed by atoms with van der Waals surface area (Å²) in [5.74, 6) is 1.99. The minimum atomic E-state index is -0.0102.